The molecule has 1 fully saturated rings. The predicted molar refractivity (Wildman–Crippen MR) is 68.3 cm³/mol. The van der Waals surface area contributed by atoms with Crippen LogP contribution in [-0.4, -0.2) is 28.1 Å². The molecule has 5 heteroatoms. The largest absolute Gasteiger partial charge is 0.378 e. The van der Waals surface area contributed by atoms with E-state index < -0.39 is 0 Å². The highest BCUT2D eigenvalue weighted by Crippen LogP contribution is 2.23. The van der Waals surface area contributed by atoms with E-state index in [0.717, 1.165) is 30.1 Å². The number of imidazole rings is 1. The van der Waals surface area contributed by atoms with Gasteiger partial charge in [-0.2, -0.15) is 0 Å². The molecule has 3 atom stereocenters. The smallest absolute Gasteiger partial charge is 0.193 e. The van der Waals surface area contributed by atoms with Crippen molar-refractivity contribution in [3.8, 4) is 0 Å². The molecule has 0 aliphatic carbocycles. The van der Waals surface area contributed by atoms with Crippen LogP contribution >= 0.6 is 11.3 Å². The molecule has 2 aromatic heterocycles. The van der Waals surface area contributed by atoms with E-state index in [2.05, 4.69) is 22.5 Å². The number of ether oxygens (including phenoxy) is 1. The fourth-order valence-corrected chi connectivity index (χ4v) is 3.15. The van der Waals surface area contributed by atoms with E-state index in [-0.39, 0.29) is 6.04 Å². The van der Waals surface area contributed by atoms with E-state index in [1.165, 1.54) is 0 Å². The van der Waals surface area contributed by atoms with Crippen molar-refractivity contribution < 1.29 is 4.74 Å². The molecule has 0 radical (unpaired) electrons. The van der Waals surface area contributed by atoms with E-state index in [1.54, 1.807) is 11.3 Å². The summed E-state index contributed by atoms with van der Waals surface area (Å²) in [6, 6.07) is 0.157. The fraction of sp³-hybridized carbons (Fsp3) is 0.583. The molecule has 0 amide bonds. The van der Waals surface area contributed by atoms with Crippen LogP contribution in [0.15, 0.2) is 17.8 Å². The lowest BCUT2D eigenvalue weighted by molar-refractivity contribution is 0.118. The Kier molecular flexibility index (Phi) is 2.90. The third-order valence-electron chi connectivity index (χ3n) is 3.42. The number of aromatic nitrogens is 2. The second kappa shape index (κ2) is 4.40. The molecule has 3 unspecified atom stereocenters. The summed E-state index contributed by atoms with van der Waals surface area (Å²) in [5.74, 6) is 0.477. The third-order valence-corrected chi connectivity index (χ3v) is 4.19. The summed E-state index contributed by atoms with van der Waals surface area (Å²) in [6.07, 6.45) is 6.38. The number of rotatable bonds is 3. The Balaban J connectivity index is 1.68. The van der Waals surface area contributed by atoms with Crippen molar-refractivity contribution in [2.45, 2.75) is 31.9 Å². The first kappa shape index (κ1) is 11.2. The lowest BCUT2D eigenvalue weighted by atomic mass is 9.94. The molecule has 17 heavy (non-hydrogen) atoms. The van der Waals surface area contributed by atoms with Gasteiger partial charge >= 0.3 is 0 Å². The van der Waals surface area contributed by atoms with Crippen LogP contribution in [0.2, 0.25) is 0 Å². The SMILES string of the molecule is CC1CC(C(N)Cc2cn3ccsc3n2)CO1. The van der Waals surface area contributed by atoms with Gasteiger partial charge in [0.2, 0.25) is 0 Å². The summed E-state index contributed by atoms with van der Waals surface area (Å²) in [5.41, 5.74) is 7.32. The van der Waals surface area contributed by atoms with Gasteiger partial charge < -0.3 is 10.5 Å². The average molecular weight is 251 g/mol. The topological polar surface area (TPSA) is 52.5 Å². The molecule has 4 nitrogen and oxygen atoms in total. The van der Waals surface area contributed by atoms with E-state index in [1.807, 2.05) is 11.6 Å². The molecule has 0 aromatic carbocycles. The Labute approximate surface area is 104 Å². The van der Waals surface area contributed by atoms with Crippen LogP contribution in [-0.2, 0) is 11.2 Å². The van der Waals surface area contributed by atoms with Gasteiger partial charge in [-0.05, 0) is 13.3 Å². The number of hydrogen-bond donors (Lipinski definition) is 1. The summed E-state index contributed by atoms with van der Waals surface area (Å²) in [7, 11) is 0. The molecule has 1 saturated heterocycles. The number of thiazole rings is 1. The number of nitrogens with zero attached hydrogens (tertiary/aromatic N) is 2. The average Bonchev–Trinajstić information content (AvgIpc) is 2.92. The highest BCUT2D eigenvalue weighted by Gasteiger charge is 2.27. The lowest BCUT2D eigenvalue weighted by Crippen LogP contribution is -2.32. The summed E-state index contributed by atoms with van der Waals surface area (Å²) < 4.78 is 7.62. The minimum atomic E-state index is 0.157. The van der Waals surface area contributed by atoms with Crippen molar-refractivity contribution in [2.24, 2.45) is 11.7 Å². The molecule has 2 N–H and O–H groups in total. The zero-order valence-corrected chi connectivity index (χ0v) is 10.7. The van der Waals surface area contributed by atoms with Gasteiger partial charge in [-0.15, -0.1) is 11.3 Å². The molecular weight excluding hydrogens is 234 g/mol. The van der Waals surface area contributed by atoms with Gasteiger partial charge in [0.25, 0.3) is 0 Å². The van der Waals surface area contributed by atoms with Gasteiger partial charge in [-0.3, -0.25) is 4.40 Å². The molecule has 0 bridgehead atoms. The van der Waals surface area contributed by atoms with Crippen molar-refractivity contribution in [1.82, 2.24) is 9.38 Å². The molecule has 3 rings (SSSR count). The maximum Gasteiger partial charge on any atom is 0.193 e. The fourth-order valence-electron chi connectivity index (χ4n) is 2.43. The van der Waals surface area contributed by atoms with Gasteiger partial charge in [0.1, 0.15) is 0 Å². The lowest BCUT2D eigenvalue weighted by Gasteiger charge is -2.16. The second-order valence-corrected chi connectivity index (χ2v) is 5.71. The molecule has 2 aromatic rings. The monoisotopic (exact) mass is 251 g/mol. The van der Waals surface area contributed by atoms with Crippen LogP contribution < -0.4 is 5.73 Å². The summed E-state index contributed by atoms with van der Waals surface area (Å²) in [6.45, 7) is 2.91. The second-order valence-electron chi connectivity index (χ2n) is 4.83. The Morgan fingerprint density at radius 1 is 1.71 bits per heavy atom. The molecule has 1 aliphatic heterocycles. The quantitative estimate of drug-likeness (QED) is 0.903. The Morgan fingerprint density at radius 2 is 2.59 bits per heavy atom. The number of fused-ring (bicyclic) bond motifs is 1. The van der Waals surface area contributed by atoms with Crippen LogP contribution in [0.4, 0.5) is 0 Å². The molecule has 0 spiro atoms. The Morgan fingerprint density at radius 3 is 3.29 bits per heavy atom. The van der Waals surface area contributed by atoms with Gasteiger partial charge in [0.15, 0.2) is 4.96 Å². The Bertz CT molecular complexity index is 478. The van der Waals surface area contributed by atoms with Crippen LogP contribution in [0.3, 0.4) is 0 Å². The maximum atomic E-state index is 6.24. The van der Waals surface area contributed by atoms with Crippen LogP contribution in [0.5, 0.6) is 0 Å². The standard InChI is InChI=1S/C12H17N3OS/c1-8-4-9(7-16-8)11(13)5-10-6-15-2-3-17-12(15)14-10/h2-3,6,8-9,11H,4-5,7,13H2,1H3. The molecule has 0 saturated carbocycles. The van der Waals surface area contributed by atoms with Crippen molar-refractivity contribution in [3.63, 3.8) is 0 Å². The highest BCUT2D eigenvalue weighted by atomic mass is 32.1. The van der Waals surface area contributed by atoms with Crippen LogP contribution in [0.1, 0.15) is 19.0 Å². The summed E-state index contributed by atoms with van der Waals surface area (Å²) >= 11 is 1.65. The van der Waals surface area contributed by atoms with Gasteiger partial charge in [0.05, 0.1) is 18.4 Å². The van der Waals surface area contributed by atoms with E-state index in [9.17, 15) is 0 Å². The minimum absolute atomic E-state index is 0.157. The Hall–Kier alpha value is -0.910. The van der Waals surface area contributed by atoms with Gasteiger partial charge in [0, 0.05) is 36.2 Å². The van der Waals surface area contributed by atoms with E-state index in [4.69, 9.17) is 10.5 Å². The van der Waals surface area contributed by atoms with E-state index in [0.29, 0.717) is 12.0 Å². The first-order valence-electron chi connectivity index (χ1n) is 6.00. The van der Waals surface area contributed by atoms with Crippen molar-refractivity contribution in [2.75, 3.05) is 6.61 Å². The molecule has 1 aliphatic rings. The predicted octanol–water partition coefficient (Wildman–Crippen LogP) is 1.69. The van der Waals surface area contributed by atoms with E-state index >= 15 is 0 Å². The first-order valence-corrected chi connectivity index (χ1v) is 6.88. The third kappa shape index (κ3) is 2.22. The molecule has 92 valence electrons. The van der Waals surface area contributed by atoms with Crippen molar-refractivity contribution in [1.29, 1.82) is 0 Å². The normalized spacial score (nSPS) is 26.7. The maximum absolute atomic E-state index is 6.24. The van der Waals surface area contributed by atoms with Crippen molar-refractivity contribution >= 4 is 16.3 Å². The zero-order chi connectivity index (χ0) is 11.8. The van der Waals surface area contributed by atoms with Gasteiger partial charge in [-0.1, -0.05) is 0 Å². The zero-order valence-electron chi connectivity index (χ0n) is 9.87. The highest BCUT2D eigenvalue weighted by molar-refractivity contribution is 7.15. The summed E-state index contributed by atoms with van der Waals surface area (Å²) in [4.78, 5) is 5.61. The van der Waals surface area contributed by atoms with Gasteiger partial charge in [-0.25, -0.2) is 4.98 Å². The number of nitrogens with two attached hydrogens (primary N) is 1. The van der Waals surface area contributed by atoms with Crippen molar-refractivity contribution in [3.05, 3.63) is 23.5 Å². The number of hydrogen-bond acceptors (Lipinski definition) is 4. The molecule has 3 heterocycles. The first-order chi connectivity index (χ1) is 8.22. The minimum Gasteiger partial charge on any atom is -0.378 e. The van der Waals surface area contributed by atoms with Crippen LogP contribution in [0.25, 0.3) is 4.96 Å². The summed E-state index contributed by atoms with van der Waals surface area (Å²) in [5, 5.41) is 2.04. The van der Waals surface area contributed by atoms with Crippen LogP contribution in [0, 0.1) is 5.92 Å². The molecular formula is C12H17N3OS.